The van der Waals surface area contributed by atoms with Crippen LogP contribution < -0.4 is 16.0 Å². The Morgan fingerprint density at radius 2 is 1.62 bits per heavy atom. The summed E-state index contributed by atoms with van der Waals surface area (Å²) in [7, 11) is 0. The third-order valence-corrected chi connectivity index (χ3v) is 9.47. The van der Waals surface area contributed by atoms with Gasteiger partial charge in [0.05, 0.1) is 12.0 Å². The van der Waals surface area contributed by atoms with Crippen molar-refractivity contribution in [2.75, 3.05) is 13.1 Å². The molecule has 4 amide bonds. The van der Waals surface area contributed by atoms with Crippen LogP contribution >= 0.6 is 0 Å². The average Bonchev–Trinajstić information content (AvgIpc) is 3.27. The number of hydrogen-bond donors (Lipinski definition) is 3. The molecular formula is C35H56N4O8. The molecule has 0 spiro atoms. The van der Waals surface area contributed by atoms with E-state index in [0.717, 1.165) is 0 Å². The summed E-state index contributed by atoms with van der Waals surface area (Å²) in [6.07, 6.45) is 3.67. The van der Waals surface area contributed by atoms with Crippen LogP contribution in [0.3, 0.4) is 0 Å². The number of alkyl carbamates (subject to hydrolysis) is 1. The number of rotatable bonds is 12. The van der Waals surface area contributed by atoms with Gasteiger partial charge >= 0.3 is 12.1 Å². The maximum absolute atomic E-state index is 14.5. The summed E-state index contributed by atoms with van der Waals surface area (Å²) < 4.78 is 11.2. The molecule has 6 unspecified atom stereocenters. The van der Waals surface area contributed by atoms with Crippen LogP contribution in [0.1, 0.15) is 101 Å². The zero-order chi connectivity index (χ0) is 35.5. The molecule has 12 nitrogen and oxygen atoms in total. The number of amides is 4. The Morgan fingerprint density at radius 3 is 2.19 bits per heavy atom. The largest absolute Gasteiger partial charge is 0.460 e. The highest BCUT2D eigenvalue weighted by Crippen LogP contribution is 2.65. The second-order valence-electron chi connectivity index (χ2n) is 15.9. The summed E-state index contributed by atoms with van der Waals surface area (Å²) in [5.41, 5.74) is -1.70. The number of Topliss-reactive ketones (excluding diaryl/α,β-unsaturated/α-hetero) is 1. The standard InChI is InChI=1S/C35H56N4O8/c1-11-14-23(27(40)29(42)36-17-12-2)37-28(41)26-24-22(35(24,9)10)19-39(26)30(43)25(38-32(45)47-34(6,7)8)20-15-13-16-21(18-20)31(44)46-33(3,4)5/h12,20-26H,2,11,13-19H2,1,3-10H3,(H,36,42)(H,37,41)(H,38,45)/t20?,21?,22?,23?,24?,25-,26?/m1/s1. The van der Waals surface area contributed by atoms with Crippen LogP contribution in [0.5, 0.6) is 0 Å². The zero-order valence-corrected chi connectivity index (χ0v) is 29.7. The predicted molar refractivity (Wildman–Crippen MR) is 176 cm³/mol. The van der Waals surface area contributed by atoms with Crippen LogP contribution in [0.2, 0.25) is 0 Å². The summed E-state index contributed by atoms with van der Waals surface area (Å²) in [5.74, 6) is -3.82. The lowest BCUT2D eigenvalue weighted by atomic mass is 9.77. The predicted octanol–water partition coefficient (Wildman–Crippen LogP) is 3.67. The van der Waals surface area contributed by atoms with Crippen molar-refractivity contribution in [3.63, 3.8) is 0 Å². The van der Waals surface area contributed by atoms with Gasteiger partial charge in [0.15, 0.2) is 0 Å². The van der Waals surface area contributed by atoms with Gasteiger partial charge < -0.3 is 30.3 Å². The number of carbonyl (C=O) groups is 6. The first-order valence-corrected chi connectivity index (χ1v) is 17.0. The molecule has 47 heavy (non-hydrogen) atoms. The molecule has 0 bridgehead atoms. The fourth-order valence-corrected chi connectivity index (χ4v) is 7.16. The number of piperidine rings is 1. The molecule has 2 aliphatic carbocycles. The van der Waals surface area contributed by atoms with Gasteiger partial charge in [0.25, 0.3) is 5.91 Å². The lowest BCUT2D eigenvalue weighted by molar-refractivity contribution is -0.162. The summed E-state index contributed by atoms with van der Waals surface area (Å²) in [4.78, 5) is 81.7. The Labute approximate surface area is 279 Å². The van der Waals surface area contributed by atoms with Crippen LogP contribution in [-0.4, -0.2) is 82.9 Å². The SMILES string of the molecule is C=CCNC(=O)C(=O)C(CCC)NC(=O)C1C2C(CN1C(=O)[C@H](NC(=O)OC(C)(C)C)C1CCCC(C(=O)OC(C)(C)C)C1)C2(C)C. The average molecular weight is 661 g/mol. The van der Waals surface area contributed by atoms with Crippen molar-refractivity contribution in [1.29, 1.82) is 0 Å². The normalized spacial score (nSPS) is 26.1. The van der Waals surface area contributed by atoms with Gasteiger partial charge in [0.1, 0.15) is 23.3 Å². The number of ether oxygens (including phenoxy) is 2. The minimum absolute atomic E-state index is 0.0430. The first-order chi connectivity index (χ1) is 21.7. The van der Waals surface area contributed by atoms with Crippen molar-refractivity contribution in [2.45, 2.75) is 130 Å². The van der Waals surface area contributed by atoms with E-state index < -0.39 is 70.8 Å². The third-order valence-electron chi connectivity index (χ3n) is 9.47. The van der Waals surface area contributed by atoms with Gasteiger partial charge in [0.2, 0.25) is 17.6 Å². The van der Waals surface area contributed by atoms with Gasteiger partial charge in [0, 0.05) is 13.1 Å². The maximum Gasteiger partial charge on any atom is 0.408 e. The van der Waals surface area contributed by atoms with Crippen molar-refractivity contribution in [3.05, 3.63) is 12.7 Å². The number of nitrogens with one attached hydrogen (secondary N) is 3. The molecule has 3 N–H and O–H groups in total. The van der Waals surface area contributed by atoms with Crippen molar-refractivity contribution < 1.29 is 38.2 Å². The third kappa shape index (κ3) is 9.56. The van der Waals surface area contributed by atoms with E-state index in [4.69, 9.17) is 9.47 Å². The molecule has 1 aliphatic heterocycles. The fourth-order valence-electron chi connectivity index (χ4n) is 7.16. The second kappa shape index (κ2) is 14.8. The Kier molecular flexibility index (Phi) is 11.9. The Bertz CT molecular complexity index is 1230. The topological polar surface area (TPSA) is 160 Å². The van der Waals surface area contributed by atoms with E-state index in [1.54, 1.807) is 41.5 Å². The molecule has 0 aromatic carbocycles. The van der Waals surface area contributed by atoms with Crippen molar-refractivity contribution in [1.82, 2.24) is 20.9 Å². The van der Waals surface area contributed by atoms with Gasteiger partial charge in [-0.3, -0.25) is 24.0 Å². The highest BCUT2D eigenvalue weighted by Gasteiger charge is 2.69. The Balaban J connectivity index is 1.90. The van der Waals surface area contributed by atoms with E-state index in [0.29, 0.717) is 38.6 Å². The number of nitrogens with zero attached hydrogens (tertiary/aromatic N) is 1. The van der Waals surface area contributed by atoms with Crippen molar-refractivity contribution in [3.8, 4) is 0 Å². The van der Waals surface area contributed by atoms with Crippen molar-refractivity contribution in [2.24, 2.45) is 29.1 Å². The number of esters is 1. The highest BCUT2D eigenvalue weighted by molar-refractivity contribution is 6.38. The number of hydrogen-bond acceptors (Lipinski definition) is 8. The Morgan fingerprint density at radius 1 is 0.979 bits per heavy atom. The van der Waals surface area contributed by atoms with Gasteiger partial charge in [-0.1, -0.05) is 39.7 Å². The summed E-state index contributed by atoms with van der Waals surface area (Å²) >= 11 is 0. The molecule has 0 aromatic heterocycles. The molecule has 1 saturated heterocycles. The lowest BCUT2D eigenvalue weighted by Gasteiger charge is -2.38. The molecule has 12 heteroatoms. The molecule has 264 valence electrons. The number of carbonyl (C=O) groups excluding carboxylic acids is 6. The van der Waals surface area contributed by atoms with E-state index in [1.807, 2.05) is 20.8 Å². The zero-order valence-electron chi connectivity index (χ0n) is 29.7. The van der Waals surface area contributed by atoms with Crippen LogP contribution in [0.4, 0.5) is 4.79 Å². The Hall–Kier alpha value is -3.44. The van der Waals surface area contributed by atoms with Crippen molar-refractivity contribution >= 4 is 35.6 Å². The molecular weight excluding hydrogens is 604 g/mol. The van der Waals surface area contributed by atoms with E-state index in [-0.39, 0.29) is 36.2 Å². The van der Waals surface area contributed by atoms with E-state index in [9.17, 15) is 28.8 Å². The lowest BCUT2D eigenvalue weighted by Crippen LogP contribution is -2.60. The smallest absolute Gasteiger partial charge is 0.408 e. The molecule has 0 aromatic rings. The minimum atomic E-state index is -1.06. The highest BCUT2D eigenvalue weighted by atomic mass is 16.6. The van der Waals surface area contributed by atoms with E-state index >= 15 is 0 Å². The molecule has 1 heterocycles. The maximum atomic E-state index is 14.5. The monoisotopic (exact) mass is 660 g/mol. The molecule has 3 fully saturated rings. The second-order valence-corrected chi connectivity index (χ2v) is 15.9. The van der Waals surface area contributed by atoms with Crippen LogP contribution in [0.15, 0.2) is 12.7 Å². The van der Waals surface area contributed by atoms with Crippen LogP contribution in [0.25, 0.3) is 0 Å². The minimum Gasteiger partial charge on any atom is -0.460 e. The molecule has 7 atom stereocenters. The van der Waals surface area contributed by atoms with E-state index in [2.05, 4.69) is 22.5 Å². The summed E-state index contributed by atoms with van der Waals surface area (Å²) in [6.45, 7) is 20.5. The van der Waals surface area contributed by atoms with Gasteiger partial charge in [-0.15, -0.1) is 6.58 Å². The number of ketones is 1. The molecule has 0 radical (unpaired) electrons. The van der Waals surface area contributed by atoms with Crippen LogP contribution in [0, 0.1) is 29.1 Å². The van der Waals surface area contributed by atoms with Gasteiger partial charge in [-0.05, 0) is 90.4 Å². The summed E-state index contributed by atoms with van der Waals surface area (Å²) in [6, 6.07) is -3.01. The molecule has 3 aliphatic rings. The summed E-state index contributed by atoms with van der Waals surface area (Å²) in [5, 5.41) is 8.06. The molecule has 3 rings (SSSR count). The quantitative estimate of drug-likeness (QED) is 0.162. The molecule has 2 saturated carbocycles. The van der Waals surface area contributed by atoms with Gasteiger partial charge in [-0.2, -0.15) is 0 Å². The number of fused-ring (bicyclic) bond motifs is 1. The first-order valence-electron chi connectivity index (χ1n) is 17.0. The number of likely N-dealkylation sites (tertiary alicyclic amines) is 1. The fraction of sp³-hybridized carbons (Fsp3) is 0.771. The van der Waals surface area contributed by atoms with Gasteiger partial charge in [-0.25, -0.2) is 4.79 Å². The van der Waals surface area contributed by atoms with Crippen LogP contribution in [-0.2, 0) is 33.4 Å². The first kappa shape index (κ1) is 38.0. The van der Waals surface area contributed by atoms with E-state index in [1.165, 1.54) is 11.0 Å².